The minimum absolute atomic E-state index is 0.0335. The summed E-state index contributed by atoms with van der Waals surface area (Å²) in [6, 6.07) is 7.66. The molecule has 1 aliphatic heterocycles. The number of piperidine rings is 1. The van der Waals surface area contributed by atoms with E-state index < -0.39 is 0 Å². The van der Waals surface area contributed by atoms with Crippen LogP contribution in [0.5, 0.6) is 0 Å². The second kappa shape index (κ2) is 5.60. The van der Waals surface area contributed by atoms with Gasteiger partial charge in [0.15, 0.2) is 0 Å². The Morgan fingerprint density at radius 3 is 2.71 bits per heavy atom. The maximum Gasteiger partial charge on any atom is 0.253 e. The Balaban J connectivity index is 1.70. The van der Waals surface area contributed by atoms with Gasteiger partial charge in [-0.1, -0.05) is 0 Å². The number of hydrogen-bond donors (Lipinski definition) is 2. The molecule has 0 unspecified atom stereocenters. The normalized spacial score (nSPS) is 16.1. The van der Waals surface area contributed by atoms with Gasteiger partial charge in [-0.2, -0.15) is 0 Å². The fraction of sp³-hybridized carbons (Fsp3) is 0.375. The first-order valence-electron chi connectivity index (χ1n) is 7.27. The van der Waals surface area contributed by atoms with Crippen LogP contribution in [0.2, 0.25) is 0 Å². The van der Waals surface area contributed by atoms with Crippen LogP contribution in [0.25, 0.3) is 10.9 Å². The summed E-state index contributed by atoms with van der Waals surface area (Å²) in [5, 5.41) is 3.72. The summed E-state index contributed by atoms with van der Waals surface area (Å²) < 4.78 is 0. The maximum atomic E-state index is 12.5. The number of benzene rings is 1. The molecule has 5 nitrogen and oxygen atoms in total. The summed E-state index contributed by atoms with van der Waals surface area (Å²) in [6.07, 6.45) is 3.34. The van der Waals surface area contributed by atoms with E-state index in [1.807, 2.05) is 35.4 Å². The van der Waals surface area contributed by atoms with Gasteiger partial charge in [-0.3, -0.25) is 9.59 Å². The maximum absolute atomic E-state index is 12.5. The van der Waals surface area contributed by atoms with E-state index in [0.717, 1.165) is 23.7 Å². The van der Waals surface area contributed by atoms with E-state index >= 15 is 0 Å². The monoisotopic (exact) mass is 285 g/mol. The number of likely N-dealkylation sites (tertiary alicyclic amines) is 1. The van der Waals surface area contributed by atoms with Gasteiger partial charge in [-0.15, -0.1) is 0 Å². The predicted molar refractivity (Wildman–Crippen MR) is 81.0 cm³/mol. The molecule has 2 N–H and O–H groups in total. The van der Waals surface area contributed by atoms with Crippen molar-refractivity contribution in [3.05, 3.63) is 36.0 Å². The lowest BCUT2D eigenvalue weighted by Crippen LogP contribution is -2.42. The van der Waals surface area contributed by atoms with Crippen LogP contribution in [-0.2, 0) is 4.79 Å². The third-order valence-corrected chi connectivity index (χ3v) is 4.20. The summed E-state index contributed by atoms with van der Waals surface area (Å²) in [4.78, 5) is 29.1. The number of fused-ring (bicyclic) bond motifs is 1. The van der Waals surface area contributed by atoms with Gasteiger partial charge in [0.05, 0.1) is 0 Å². The first-order chi connectivity index (χ1) is 10.2. The fourth-order valence-corrected chi connectivity index (χ4v) is 2.92. The van der Waals surface area contributed by atoms with Crippen molar-refractivity contribution in [2.45, 2.75) is 12.8 Å². The highest BCUT2D eigenvalue weighted by Crippen LogP contribution is 2.21. The summed E-state index contributed by atoms with van der Waals surface area (Å²) in [7, 11) is 1.66. The van der Waals surface area contributed by atoms with E-state index in [-0.39, 0.29) is 17.7 Å². The second-order valence-electron chi connectivity index (χ2n) is 5.46. The van der Waals surface area contributed by atoms with Crippen molar-refractivity contribution in [1.29, 1.82) is 0 Å². The van der Waals surface area contributed by atoms with Crippen LogP contribution >= 0.6 is 0 Å². The Hall–Kier alpha value is -2.30. The molecule has 0 spiro atoms. The van der Waals surface area contributed by atoms with E-state index in [1.165, 1.54) is 0 Å². The number of H-pyrrole nitrogens is 1. The molecule has 5 heteroatoms. The third-order valence-electron chi connectivity index (χ3n) is 4.20. The molecule has 0 bridgehead atoms. The summed E-state index contributed by atoms with van der Waals surface area (Å²) in [5.74, 6) is 0.163. The molecule has 1 aromatic heterocycles. The smallest absolute Gasteiger partial charge is 0.253 e. The van der Waals surface area contributed by atoms with Gasteiger partial charge in [0, 0.05) is 48.7 Å². The molecule has 0 aliphatic carbocycles. The number of nitrogens with zero attached hydrogens (tertiary/aromatic N) is 1. The molecule has 1 saturated heterocycles. The summed E-state index contributed by atoms with van der Waals surface area (Å²) >= 11 is 0. The highest BCUT2D eigenvalue weighted by molar-refractivity contribution is 5.98. The topological polar surface area (TPSA) is 65.2 Å². The van der Waals surface area contributed by atoms with Crippen LogP contribution in [0.3, 0.4) is 0 Å². The van der Waals surface area contributed by atoms with Crippen molar-refractivity contribution in [2.75, 3.05) is 20.1 Å². The van der Waals surface area contributed by atoms with Gasteiger partial charge in [0.1, 0.15) is 0 Å². The van der Waals surface area contributed by atoms with Crippen LogP contribution in [-0.4, -0.2) is 41.8 Å². The van der Waals surface area contributed by atoms with Gasteiger partial charge >= 0.3 is 0 Å². The van der Waals surface area contributed by atoms with Crippen LogP contribution < -0.4 is 5.32 Å². The average molecular weight is 285 g/mol. The number of carbonyl (C=O) groups excluding carboxylic acids is 2. The molecule has 2 heterocycles. The SMILES string of the molecule is CNC(=O)C1CCN(C(=O)c2ccc3[nH]ccc3c2)CC1. The number of nitrogens with one attached hydrogen (secondary N) is 2. The van der Waals surface area contributed by atoms with E-state index in [1.54, 1.807) is 7.05 Å². The van der Waals surface area contributed by atoms with E-state index in [0.29, 0.717) is 18.7 Å². The molecule has 2 aromatic rings. The Morgan fingerprint density at radius 1 is 1.24 bits per heavy atom. The van der Waals surface area contributed by atoms with Crippen LogP contribution in [0, 0.1) is 5.92 Å². The molecule has 1 aliphatic rings. The first kappa shape index (κ1) is 13.7. The lowest BCUT2D eigenvalue weighted by atomic mass is 9.95. The van der Waals surface area contributed by atoms with Gasteiger partial charge in [-0.25, -0.2) is 0 Å². The predicted octanol–water partition coefficient (Wildman–Crippen LogP) is 1.77. The lowest BCUT2D eigenvalue weighted by Gasteiger charge is -2.31. The molecule has 0 saturated carbocycles. The van der Waals surface area contributed by atoms with Crippen molar-refractivity contribution < 1.29 is 9.59 Å². The Labute approximate surface area is 123 Å². The minimum atomic E-state index is 0.0335. The van der Waals surface area contributed by atoms with Crippen LogP contribution in [0.15, 0.2) is 30.5 Å². The molecule has 1 aromatic carbocycles. The number of rotatable bonds is 2. The van der Waals surface area contributed by atoms with Crippen LogP contribution in [0.4, 0.5) is 0 Å². The lowest BCUT2D eigenvalue weighted by molar-refractivity contribution is -0.125. The molecule has 1 fully saturated rings. The fourth-order valence-electron chi connectivity index (χ4n) is 2.92. The van der Waals surface area contributed by atoms with Crippen molar-refractivity contribution in [2.24, 2.45) is 5.92 Å². The molecule has 110 valence electrons. The highest BCUT2D eigenvalue weighted by atomic mass is 16.2. The summed E-state index contributed by atoms with van der Waals surface area (Å²) in [6.45, 7) is 1.28. The zero-order valence-electron chi connectivity index (χ0n) is 12.1. The minimum Gasteiger partial charge on any atom is -0.361 e. The average Bonchev–Trinajstić information content (AvgIpc) is 3.01. The van der Waals surface area contributed by atoms with E-state index in [2.05, 4.69) is 10.3 Å². The molecule has 3 rings (SSSR count). The van der Waals surface area contributed by atoms with E-state index in [9.17, 15) is 9.59 Å². The van der Waals surface area contributed by atoms with Gasteiger partial charge < -0.3 is 15.2 Å². The Morgan fingerprint density at radius 2 is 2.00 bits per heavy atom. The van der Waals surface area contributed by atoms with Crippen molar-refractivity contribution in [1.82, 2.24) is 15.2 Å². The van der Waals surface area contributed by atoms with E-state index in [4.69, 9.17) is 0 Å². The second-order valence-corrected chi connectivity index (χ2v) is 5.46. The number of aromatic amines is 1. The Kier molecular flexibility index (Phi) is 3.64. The molecular formula is C16H19N3O2. The molecule has 0 atom stereocenters. The van der Waals surface area contributed by atoms with Crippen LogP contribution in [0.1, 0.15) is 23.2 Å². The molecule has 0 radical (unpaired) electrons. The molecule has 21 heavy (non-hydrogen) atoms. The molecule has 2 amide bonds. The highest BCUT2D eigenvalue weighted by Gasteiger charge is 2.27. The van der Waals surface area contributed by atoms with Crippen molar-refractivity contribution >= 4 is 22.7 Å². The van der Waals surface area contributed by atoms with Crippen molar-refractivity contribution in [3.63, 3.8) is 0 Å². The standard InChI is InChI=1S/C16H19N3O2/c1-17-15(20)11-5-8-19(9-6-11)16(21)13-2-3-14-12(10-13)4-7-18-14/h2-4,7,10-11,18H,5-6,8-9H2,1H3,(H,17,20). The number of carbonyl (C=O) groups is 2. The van der Waals surface area contributed by atoms with Gasteiger partial charge in [0.25, 0.3) is 5.91 Å². The number of hydrogen-bond acceptors (Lipinski definition) is 2. The van der Waals surface area contributed by atoms with Gasteiger partial charge in [-0.05, 0) is 37.1 Å². The Bertz CT molecular complexity index is 669. The number of aromatic nitrogens is 1. The third kappa shape index (κ3) is 2.63. The largest absolute Gasteiger partial charge is 0.361 e. The van der Waals surface area contributed by atoms with Gasteiger partial charge in [0.2, 0.25) is 5.91 Å². The zero-order chi connectivity index (χ0) is 14.8. The quantitative estimate of drug-likeness (QED) is 0.883. The zero-order valence-corrected chi connectivity index (χ0v) is 12.1. The van der Waals surface area contributed by atoms with Crippen molar-refractivity contribution in [3.8, 4) is 0 Å². The molecular weight excluding hydrogens is 266 g/mol. The summed E-state index contributed by atoms with van der Waals surface area (Å²) in [5.41, 5.74) is 1.74. The first-order valence-corrected chi connectivity index (χ1v) is 7.27. The number of amides is 2.